The van der Waals surface area contributed by atoms with Crippen LogP contribution in [0.5, 0.6) is 0 Å². The third-order valence-corrected chi connectivity index (χ3v) is 6.28. The number of anilines is 3. The van der Waals surface area contributed by atoms with Gasteiger partial charge < -0.3 is 30.4 Å². The van der Waals surface area contributed by atoms with Crippen LogP contribution >= 0.6 is 0 Å². The first kappa shape index (κ1) is 22.0. The van der Waals surface area contributed by atoms with Crippen molar-refractivity contribution in [2.24, 2.45) is 10.7 Å². The highest BCUT2D eigenvalue weighted by Gasteiger charge is 2.34. The Hall–Kier alpha value is -3.82. The molecule has 1 saturated heterocycles. The summed E-state index contributed by atoms with van der Waals surface area (Å²) in [5.41, 5.74) is 11.4. The highest BCUT2D eigenvalue weighted by atomic mass is 16.5. The van der Waals surface area contributed by atoms with E-state index in [4.69, 9.17) is 15.5 Å². The minimum atomic E-state index is -1.19. The van der Waals surface area contributed by atoms with E-state index in [0.29, 0.717) is 17.1 Å². The fourth-order valence-electron chi connectivity index (χ4n) is 4.39. The predicted molar refractivity (Wildman–Crippen MR) is 132 cm³/mol. The maximum atomic E-state index is 11.9. The molecule has 2 aliphatic heterocycles. The molecule has 1 atom stereocenters. The van der Waals surface area contributed by atoms with Crippen molar-refractivity contribution in [3.05, 3.63) is 77.6 Å². The average molecular weight is 461 g/mol. The molecule has 3 aromatic rings. The molecular formula is C25H28N6O3. The van der Waals surface area contributed by atoms with Crippen LogP contribution in [0.1, 0.15) is 34.5 Å². The lowest BCUT2D eigenvalue weighted by Gasteiger charge is -2.34. The number of ether oxygens (including phenoxy) is 1. The molecular weight excluding hydrogens is 432 g/mol. The highest BCUT2D eigenvalue weighted by Crippen LogP contribution is 2.32. The van der Waals surface area contributed by atoms with Gasteiger partial charge in [-0.25, -0.2) is 9.79 Å². The molecule has 5 rings (SSSR count). The van der Waals surface area contributed by atoms with Crippen molar-refractivity contribution in [3.8, 4) is 0 Å². The van der Waals surface area contributed by atoms with Crippen LogP contribution < -0.4 is 21.3 Å². The standard InChI is InChI=1S/C25H28N6O3/c1-34-24(33)16-3-2-4-18(15-16)28-23-22-21(9-12-27-22)29-25(26,30-23)17-5-7-19(8-6-17)31-13-10-20(32)11-14-31/h2-9,12,15,20,27,29,32H,10-11,13-14,26H2,1H3,(H,28,30). The van der Waals surface area contributed by atoms with Gasteiger partial charge in [-0.05, 0) is 49.2 Å². The molecule has 9 nitrogen and oxygen atoms in total. The minimum absolute atomic E-state index is 0.210. The Bertz CT molecular complexity index is 1210. The zero-order chi connectivity index (χ0) is 23.7. The van der Waals surface area contributed by atoms with Crippen LogP contribution in [-0.4, -0.2) is 48.2 Å². The molecule has 9 heteroatoms. The van der Waals surface area contributed by atoms with Gasteiger partial charge in [0.1, 0.15) is 5.69 Å². The Kier molecular flexibility index (Phi) is 5.72. The zero-order valence-corrected chi connectivity index (χ0v) is 18.9. The van der Waals surface area contributed by atoms with Gasteiger partial charge in [0, 0.05) is 36.2 Å². The van der Waals surface area contributed by atoms with Crippen molar-refractivity contribution < 1.29 is 14.6 Å². The second-order valence-corrected chi connectivity index (χ2v) is 8.58. The SMILES string of the molecule is COC(=O)c1cccc(NC2=NC(N)(c3ccc(N4CCC(O)CC4)cc3)Nc3cc[nH]c32)c1. The van der Waals surface area contributed by atoms with Gasteiger partial charge in [0.25, 0.3) is 0 Å². The van der Waals surface area contributed by atoms with E-state index in [2.05, 4.69) is 20.5 Å². The van der Waals surface area contributed by atoms with Gasteiger partial charge in [0.2, 0.25) is 5.79 Å². The van der Waals surface area contributed by atoms with Crippen molar-refractivity contribution >= 4 is 28.9 Å². The summed E-state index contributed by atoms with van der Waals surface area (Å²) >= 11 is 0. The van der Waals surface area contributed by atoms with Gasteiger partial charge in [-0.2, -0.15) is 0 Å². The van der Waals surface area contributed by atoms with Gasteiger partial charge in [-0.1, -0.05) is 18.2 Å². The van der Waals surface area contributed by atoms with Crippen LogP contribution in [0.4, 0.5) is 17.1 Å². The van der Waals surface area contributed by atoms with E-state index < -0.39 is 11.8 Å². The number of aliphatic hydroxyl groups is 1. The summed E-state index contributed by atoms with van der Waals surface area (Å²) in [7, 11) is 1.35. The lowest BCUT2D eigenvalue weighted by Crippen LogP contribution is -2.47. The van der Waals surface area contributed by atoms with Gasteiger partial charge >= 0.3 is 5.97 Å². The number of nitrogens with zero attached hydrogens (tertiary/aromatic N) is 2. The maximum absolute atomic E-state index is 11.9. The molecule has 1 aromatic heterocycles. The smallest absolute Gasteiger partial charge is 0.337 e. The van der Waals surface area contributed by atoms with Crippen molar-refractivity contribution in [2.75, 3.05) is 35.7 Å². The summed E-state index contributed by atoms with van der Waals surface area (Å²) in [5, 5.41) is 16.4. The number of rotatable bonds is 4. The number of hydrogen-bond donors (Lipinski definition) is 5. The molecule has 2 aliphatic rings. The van der Waals surface area contributed by atoms with E-state index in [1.54, 1.807) is 18.2 Å². The molecule has 0 spiro atoms. The number of carbonyl (C=O) groups excluding carboxylic acids is 1. The van der Waals surface area contributed by atoms with E-state index in [1.807, 2.05) is 42.6 Å². The second-order valence-electron chi connectivity index (χ2n) is 8.58. The van der Waals surface area contributed by atoms with Crippen LogP contribution in [0, 0.1) is 0 Å². The second kappa shape index (κ2) is 8.85. The molecule has 0 saturated carbocycles. The number of aliphatic hydroxyl groups excluding tert-OH is 1. The molecule has 1 fully saturated rings. The maximum Gasteiger partial charge on any atom is 0.337 e. The topological polar surface area (TPSA) is 128 Å². The van der Waals surface area contributed by atoms with Crippen molar-refractivity contribution in [3.63, 3.8) is 0 Å². The number of aliphatic imine (C=N–C) groups is 1. The van der Waals surface area contributed by atoms with E-state index in [1.165, 1.54) is 7.11 Å². The van der Waals surface area contributed by atoms with Gasteiger partial charge in [-0.3, -0.25) is 5.73 Å². The number of hydrogen-bond acceptors (Lipinski definition) is 8. The largest absolute Gasteiger partial charge is 0.465 e. The number of amidine groups is 1. The monoisotopic (exact) mass is 460 g/mol. The summed E-state index contributed by atoms with van der Waals surface area (Å²) in [6.45, 7) is 1.66. The van der Waals surface area contributed by atoms with Gasteiger partial charge in [0.15, 0.2) is 5.84 Å². The number of aromatic amines is 1. The molecule has 0 radical (unpaired) electrons. The van der Waals surface area contributed by atoms with Crippen LogP contribution in [0.3, 0.4) is 0 Å². The number of esters is 1. The summed E-state index contributed by atoms with van der Waals surface area (Å²) in [5.74, 6) is -1.04. The molecule has 0 bridgehead atoms. The Balaban J connectivity index is 1.43. The fraction of sp³-hybridized carbons (Fsp3) is 0.280. The summed E-state index contributed by atoms with van der Waals surface area (Å²) in [6.07, 6.45) is 3.16. The van der Waals surface area contributed by atoms with Crippen molar-refractivity contribution in [1.29, 1.82) is 0 Å². The lowest BCUT2D eigenvalue weighted by molar-refractivity contribution is 0.0600. The van der Waals surface area contributed by atoms with E-state index in [-0.39, 0.29) is 6.10 Å². The summed E-state index contributed by atoms with van der Waals surface area (Å²) < 4.78 is 4.83. The Labute approximate surface area is 197 Å². The number of nitrogens with two attached hydrogens (primary N) is 1. The number of piperidine rings is 1. The molecule has 176 valence electrons. The number of carbonyl (C=O) groups is 1. The Morgan fingerprint density at radius 1 is 1.21 bits per heavy atom. The third-order valence-electron chi connectivity index (χ3n) is 6.28. The third kappa shape index (κ3) is 4.23. The number of benzene rings is 2. The van der Waals surface area contributed by atoms with Crippen LogP contribution in [-0.2, 0) is 10.5 Å². The molecule has 0 amide bonds. The predicted octanol–water partition coefficient (Wildman–Crippen LogP) is 2.82. The van der Waals surface area contributed by atoms with Gasteiger partial charge in [-0.15, -0.1) is 0 Å². The first-order valence-corrected chi connectivity index (χ1v) is 11.3. The normalized spacial score (nSPS) is 20.2. The van der Waals surface area contributed by atoms with Crippen molar-refractivity contribution in [2.45, 2.75) is 24.7 Å². The number of H-pyrrole nitrogens is 1. The number of aromatic nitrogens is 1. The average Bonchev–Trinajstić information content (AvgIpc) is 3.33. The van der Waals surface area contributed by atoms with E-state index in [0.717, 1.165) is 48.6 Å². The highest BCUT2D eigenvalue weighted by molar-refractivity contribution is 6.12. The number of fused-ring (bicyclic) bond motifs is 1. The van der Waals surface area contributed by atoms with E-state index in [9.17, 15) is 9.90 Å². The first-order chi connectivity index (χ1) is 16.4. The van der Waals surface area contributed by atoms with Crippen LogP contribution in [0.25, 0.3) is 0 Å². The molecule has 3 heterocycles. The molecule has 34 heavy (non-hydrogen) atoms. The first-order valence-electron chi connectivity index (χ1n) is 11.3. The van der Waals surface area contributed by atoms with Crippen LogP contribution in [0.2, 0.25) is 0 Å². The Morgan fingerprint density at radius 2 is 1.97 bits per heavy atom. The molecule has 6 N–H and O–H groups in total. The molecule has 1 unspecified atom stereocenters. The van der Waals surface area contributed by atoms with Gasteiger partial charge in [0.05, 0.1) is 24.5 Å². The quantitative estimate of drug-likeness (QED) is 0.379. The Morgan fingerprint density at radius 3 is 2.71 bits per heavy atom. The number of nitrogens with one attached hydrogen (secondary N) is 3. The summed E-state index contributed by atoms with van der Waals surface area (Å²) in [6, 6.07) is 17.0. The molecule has 0 aliphatic carbocycles. The fourth-order valence-corrected chi connectivity index (χ4v) is 4.39. The zero-order valence-electron chi connectivity index (χ0n) is 18.9. The van der Waals surface area contributed by atoms with Crippen LogP contribution in [0.15, 0.2) is 65.8 Å². The van der Waals surface area contributed by atoms with E-state index >= 15 is 0 Å². The lowest BCUT2D eigenvalue weighted by atomic mass is 10.0. The minimum Gasteiger partial charge on any atom is -0.465 e. The van der Waals surface area contributed by atoms with Crippen molar-refractivity contribution in [1.82, 2.24) is 4.98 Å². The summed E-state index contributed by atoms with van der Waals surface area (Å²) in [4.78, 5) is 22.2. The molecule has 2 aromatic carbocycles. The number of methoxy groups -OCH3 is 1.